The Morgan fingerprint density at radius 3 is 2.52 bits per heavy atom. The lowest BCUT2D eigenvalue weighted by molar-refractivity contribution is -0.148. The first-order valence-electron chi connectivity index (χ1n) is 16.3. The van der Waals surface area contributed by atoms with Crippen LogP contribution in [-0.4, -0.2) is 80.1 Å². The Kier molecular flexibility index (Phi) is 11.1. The Labute approximate surface area is 270 Å². The summed E-state index contributed by atoms with van der Waals surface area (Å²) in [6.45, 7) is 4.45. The average molecular weight is 634 g/mol. The molecule has 0 aliphatic heterocycles. The number of nitrogens with zero attached hydrogens (tertiary/aromatic N) is 1. The molecule has 2 aliphatic rings. The number of hydrogen-bond acceptors (Lipinski definition) is 9. The quantitative estimate of drug-likeness (QED) is 0.111. The molecule has 1 heterocycles. The zero-order valence-electron chi connectivity index (χ0n) is 26.6. The van der Waals surface area contributed by atoms with Gasteiger partial charge in [-0.25, -0.2) is 0 Å². The van der Waals surface area contributed by atoms with Gasteiger partial charge in [-0.15, -0.1) is 0 Å². The van der Waals surface area contributed by atoms with Gasteiger partial charge in [0.15, 0.2) is 6.10 Å². The molecule has 2 fully saturated rings. The molecule has 5 rings (SSSR count). The van der Waals surface area contributed by atoms with Gasteiger partial charge in [0.05, 0.1) is 12.7 Å². The summed E-state index contributed by atoms with van der Waals surface area (Å²) in [5, 5.41) is 54.5. The number of rotatable bonds is 17. The summed E-state index contributed by atoms with van der Waals surface area (Å²) in [7, 11) is 0. The molecule has 2 saturated carbocycles. The summed E-state index contributed by atoms with van der Waals surface area (Å²) in [4.78, 5) is 16.7. The second-order valence-electron chi connectivity index (χ2n) is 12.9. The third-order valence-corrected chi connectivity index (χ3v) is 9.28. The molecule has 2 aliphatic carbocycles. The number of aliphatic hydroxyl groups is 5. The van der Waals surface area contributed by atoms with Crippen molar-refractivity contribution in [1.29, 1.82) is 0 Å². The van der Waals surface area contributed by atoms with Crippen molar-refractivity contribution in [2.45, 2.75) is 101 Å². The van der Waals surface area contributed by atoms with E-state index in [9.17, 15) is 25.2 Å². The summed E-state index contributed by atoms with van der Waals surface area (Å²) in [5.41, 5.74) is 6.95. The minimum atomic E-state index is -1.93. The molecule has 0 bridgehead atoms. The van der Waals surface area contributed by atoms with Crippen LogP contribution in [0, 0.1) is 6.92 Å². The fourth-order valence-electron chi connectivity index (χ4n) is 5.86. The monoisotopic (exact) mass is 633 g/mol. The smallest absolute Gasteiger partial charge is 0.251 e. The molecule has 5 unspecified atom stereocenters. The van der Waals surface area contributed by atoms with Crippen LogP contribution in [0.15, 0.2) is 60.9 Å². The number of aromatic nitrogens is 1. The maximum atomic E-state index is 12.2. The van der Waals surface area contributed by atoms with Crippen LogP contribution in [0.3, 0.4) is 0 Å². The van der Waals surface area contributed by atoms with E-state index in [1.807, 2.05) is 18.5 Å². The minimum Gasteiger partial charge on any atom is -0.490 e. The second kappa shape index (κ2) is 15.0. The Morgan fingerprint density at radius 2 is 1.80 bits per heavy atom. The Bertz CT molecular complexity index is 1480. The van der Waals surface area contributed by atoms with Crippen molar-refractivity contribution in [3.63, 3.8) is 0 Å². The van der Waals surface area contributed by atoms with Crippen molar-refractivity contribution in [3.05, 3.63) is 83.2 Å². The summed E-state index contributed by atoms with van der Waals surface area (Å²) < 4.78 is 6.26. The Hall–Kier alpha value is -3.38. The Balaban J connectivity index is 1.17. The van der Waals surface area contributed by atoms with Crippen LogP contribution in [0.5, 0.6) is 5.75 Å². The minimum absolute atomic E-state index is 0.146. The van der Waals surface area contributed by atoms with Crippen molar-refractivity contribution >= 4 is 5.91 Å². The molecule has 7 N–H and O–H groups in total. The van der Waals surface area contributed by atoms with Gasteiger partial charge >= 0.3 is 0 Å². The molecule has 10 heteroatoms. The van der Waals surface area contributed by atoms with Crippen LogP contribution >= 0.6 is 0 Å². The standard InChI is InChI=1S/C36H47N3O7/c1-22(6-5-16-38-35(45)34(44)33(43)32(42)30(41)21-40)24-10-9-23(2)25(18-24)19-39-36(14-15-36)29-20-37-17-13-27(29)28-7-3-4-8-31(28)46-26-11-12-26/h3-4,7-10,13,17-18,20,22,26,30,32-34,39-44H,5-6,11-12,14-16,19,21H2,1-2H3,(H,38,45). The molecule has 248 valence electrons. The number of benzene rings is 2. The van der Waals surface area contributed by atoms with Crippen LogP contribution < -0.4 is 15.4 Å². The van der Waals surface area contributed by atoms with Crippen molar-refractivity contribution in [2.75, 3.05) is 13.2 Å². The van der Waals surface area contributed by atoms with Gasteiger partial charge in [-0.2, -0.15) is 0 Å². The number of carbonyl (C=O) groups excluding carboxylic acids is 1. The van der Waals surface area contributed by atoms with Crippen molar-refractivity contribution in [2.24, 2.45) is 0 Å². The molecule has 0 spiro atoms. The Morgan fingerprint density at radius 1 is 1.04 bits per heavy atom. The van der Waals surface area contributed by atoms with Gasteiger partial charge in [-0.05, 0) is 91.3 Å². The molecule has 1 amide bonds. The number of para-hydroxylation sites is 1. The molecule has 10 nitrogen and oxygen atoms in total. The largest absolute Gasteiger partial charge is 0.490 e. The molecular weight excluding hydrogens is 586 g/mol. The molecular formula is C36H47N3O7. The predicted molar refractivity (Wildman–Crippen MR) is 174 cm³/mol. The van der Waals surface area contributed by atoms with E-state index in [-0.39, 0.29) is 18.0 Å². The van der Waals surface area contributed by atoms with E-state index in [2.05, 4.69) is 71.9 Å². The normalized spacial score (nSPS) is 18.7. The lowest BCUT2D eigenvalue weighted by Crippen LogP contribution is -2.51. The zero-order chi connectivity index (χ0) is 32.8. The average Bonchev–Trinajstić information content (AvgIpc) is 4.02. The molecule has 3 aromatic rings. The first-order valence-corrected chi connectivity index (χ1v) is 16.3. The topological polar surface area (TPSA) is 164 Å². The van der Waals surface area contributed by atoms with Gasteiger partial charge < -0.3 is 40.9 Å². The first kappa shape index (κ1) is 34.0. The fourth-order valence-corrected chi connectivity index (χ4v) is 5.86. The van der Waals surface area contributed by atoms with Crippen LogP contribution in [0.25, 0.3) is 11.1 Å². The van der Waals surface area contributed by atoms with Crippen molar-refractivity contribution in [3.8, 4) is 16.9 Å². The van der Waals surface area contributed by atoms with Crippen LogP contribution in [0.4, 0.5) is 0 Å². The van der Waals surface area contributed by atoms with E-state index >= 15 is 0 Å². The number of carbonyl (C=O) groups is 1. The van der Waals surface area contributed by atoms with Crippen molar-refractivity contribution < 1.29 is 35.1 Å². The number of ether oxygens (including phenoxy) is 1. The van der Waals surface area contributed by atoms with Gasteiger partial charge in [0.25, 0.3) is 5.91 Å². The summed E-state index contributed by atoms with van der Waals surface area (Å²) in [6.07, 6.45) is 2.51. The van der Waals surface area contributed by atoms with Gasteiger partial charge in [0.1, 0.15) is 24.1 Å². The zero-order valence-corrected chi connectivity index (χ0v) is 26.6. The van der Waals surface area contributed by atoms with Gasteiger partial charge in [0.2, 0.25) is 0 Å². The summed E-state index contributed by atoms with van der Waals surface area (Å²) >= 11 is 0. The summed E-state index contributed by atoms with van der Waals surface area (Å²) in [5.74, 6) is 0.296. The van der Waals surface area contributed by atoms with Crippen LogP contribution in [0.2, 0.25) is 0 Å². The molecule has 0 saturated heterocycles. The van der Waals surface area contributed by atoms with Crippen LogP contribution in [-0.2, 0) is 16.9 Å². The molecule has 0 radical (unpaired) electrons. The molecule has 1 aromatic heterocycles. The van der Waals surface area contributed by atoms with Gasteiger partial charge in [-0.3, -0.25) is 9.78 Å². The highest BCUT2D eigenvalue weighted by Gasteiger charge is 2.46. The van der Waals surface area contributed by atoms with Gasteiger partial charge in [0, 0.05) is 36.6 Å². The van der Waals surface area contributed by atoms with E-state index in [1.54, 1.807) is 0 Å². The highest BCUT2D eigenvalue weighted by atomic mass is 16.5. The highest BCUT2D eigenvalue weighted by Crippen LogP contribution is 2.50. The third-order valence-electron chi connectivity index (χ3n) is 9.28. The predicted octanol–water partition coefficient (Wildman–Crippen LogP) is 2.81. The number of amides is 1. The SMILES string of the molecule is Cc1ccc(C(C)CCCNC(=O)C(O)C(O)C(O)C(O)CO)cc1CNC1(c2cnccc2-c2ccccc2OC2CC2)CC1. The van der Waals surface area contributed by atoms with Gasteiger partial charge in [-0.1, -0.05) is 43.3 Å². The van der Waals surface area contributed by atoms with Crippen LogP contribution in [0.1, 0.15) is 73.6 Å². The maximum Gasteiger partial charge on any atom is 0.251 e. The first-order chi connectivity index (χ1) is 22.1. The lowest BCUT2D eigenvalue weighted by atomic mass is 9.92. The lowest BCUT2D eigenvalue weighted by Gasteiger charge is -2.25. The van der Waals surface area contributed by atoms with Crippen molar-refractivity contribution in [1.82, 2.24) is 15.6 Å². The third kappa shape index (κ3) is 8.12. The summed E-state index contributed by atoms with van der Waals surface area (Å²) in [6, 6.07) is 16.9. The van der Waals surface area contributed by atoms with E-state index in [1.165, 1.54) is 22.3 Å². The number of hydrogen-bond donors (Lipinski definition) is 7. The molecule has 46 heavy (non-hydrogen) atoms. The second-order valence-corrected chi connectivity index (χ2v) is 12.9. The molecule has 2 aromatic carbocycles. The van der Waals surface area contributed by atoms with E-state index < -0.39 is 36.9 Å². The number of nitrogens with one attached hydrogen (secondary N) is 2. The van der Waals surface area contributed by atoms with E-state index in [0.717, 1.165) is 49.0 Å². The van der Waals surface area contributed by atoms with E-state index in [0.29, 0.717) is 19.1 Å². The van der Waals surface area contributed by atoms with E-state index in [4.69, 9.17) is 9.84 Å². The highest BCUT2D eigenvalue weighted by molar-refractivity contribution is 5.81. The number of aliphatic hydroxyl groups excluding tert-OH is 5. The fraction of sp³-hybridized carbons (Fsp3) is 0.500. The number of pyridine rings is 1. The maximum absolute atomic E-state index is 12.2. The number of aryl methyl sites for hydroxylation is 1. The molecule has 5 atom stereocenters.